The standard InChI is InChI=1S/C15H23NO2/c1-10-5-6-13(17-4)12(9-10)14(16-3)15-11(2)7-8-18-15/h5-6,9,11,14-16H,7-8H2,1-4H3. The molecular weight excluding hydrogens is 226 g/mol. The van der Waals surface area contributed by atoms with Crippen molar-refractivity contribution in [3.63, 3.8) is 0 Å². The third-order valence-electron chi connectivity index (χ3n) is 3.80. The lowest BCUT2D eigenvalue weighted by molar-refractivity contribution is 0.0623. The molecule has 1 N–H and O–H groups in total. The summed E-state index contributed by atoms with van der Waals surface area (Å²) in [6.45, 7) is 5.22. The molecule has 1 heterocycles. The first kappa shape index (κ1) is 13.4. The highest BCUT2D eigenvalue weighted by Gasteiger charge is 2.33. The van der Waals surface area contributed by atoms with Gasteiger partial charge in [-0.25, -0.2) is 0 Å². The summed E-state index contributed by atoms with van der Waals surface area (Å²) in [7, 11) is 3.71. The first-order chi connectivity index (χ1) is 8.67. The van der Waals surface area contributed by atoms with E-state index in [1.807, 2.05) is 13.1 Å². The summed E-state index contributed by atoms with van der Waals surface area (Å²) >= 11 is 0. The lowest BCUT2D eigenvalue weighted by Gasteiger charge is -2.27. The minimum absolute atomic E-state index is 0.192. The van der Waals surface area contributed by atoms with E-state index >= 15 is 0 Å². The second kappa shape index (κ2) is 5.72. The van der Waals surface area contributed by atoms with Gasteiger partial charge >= 0.3 is 0 Å². The van der Waals surface area contributed by atoms with Gasteiger partial charge in [0.15, 0.2) is 0 Å². The Hall–Kier alpha value is -1.06. The molecule has 18 heavy (non-hydrogen) atoms. The van der Waals surface area contributed by atoms with E-state index in [9.17, 15) is 0 Å². The first-order valence-electron chi connectivity index (χ1n) is 6.60. The van der Waals surface area contributed by atoms with Crippen LogP contribution >= 0.6 is 0 Å². The van der Waals surface area contributed by atoms with Crippen molar-refractivity contribution in [2.24, 2.45) is 5.92 Å². The van der Waals surface area contributed by atoms with Crippen LogP contribution in [-0.4, -0.2) is 26.9 Å². The van der Waals surface area contributed by atoms with E-state index in [-0.39, 0.29) is 12.1 Å². The number of rotatable bonds is 4. The van der Waals surface area contributed by atoms with Crippen LogP contribution in [0.15, 0.2) is 18.2 Å². The zero-order valence-electron chi connectivity index (χ0n) is 11.7. The van der Waals surface area contributed by atoms with Gasteiger partial charge in [-0.1, -0.05) is 24.6 Å². The molecule has 0 amide bonds. The average molecular weight is 249 g/mol. The Labute approximate surface area is 109 Å². The molecule has 3 unspecified atom stereocenters. The first-order valence-corrected chi connectivity index (χ1v) is 6.60. The van der Waals surface area contributed by atoms with Crippen LogP contribution in [-0.2, 0) is 4.74 Å². The Bertz CT molecular complexity index is 405. The van der Waals surface area contributed by atoms with E-state index in [1.54, 1.807) is 7.11 Å². The van der Waals surface area contributed by atoms with Crippen LogP contribution in [0.2, 0.25) is 0 Å². The van der Waals surface area contributed by atoms with Crippen molar-refractivity contribution in [2.45, 2.75) is 32.4 Å². The highest BCUT2D eigenvalue weighted by atomic mass is 16.5. The summed E-state index contributed by atoms with van der Waals surface area (Å²) in [6.07, 6.45) is 1.36. The molecule has 0 radical (unpaired) electrons. The summed E-state index contributed by atoms with van der Waals surface area (Å²) in [5.41, 5.74) is 2.44. The Morgan fingerprint density at radius 3 is 2.78 bits per heavy atom. The van der Waals surface area contributed by atoms with Crippen molar-refractivity contribution >= 4 is 0 Å². The van der Waals surface area contributed by atoms with Gasteiger partial charge in [-0.3, -0.25) is 0 Å². The van der Waals surface area contributed by atoms with Crippen molar-refractivity contribution in [3.8, 4) is 5.75 Å². The van der Waals surface area contributed by atoms with Crippen molar-refractivity contribution < 1.29 is 9.47 Å². The normalized spacial score (nSPS) is 25.1. The fraction of sp³-hybridized carbons (Fsp3) is 0.600. The predicted octanol–water partition coefficient (Wildman–Crippen LogP) is 2.69. The van der Waals surface area contributed by atoms with Crippen LogP contribution in [0.3, 0.4) is 0 Å². The monoisotopic (exact) mass is 249 g/mol. The summed E-state index contributed by atoms with van der Waals surface area (Å²) in [4.78, 5) is 0. The Kier molecular flexibility index (Phi) is 4.25. The zero-order chi connectivity index (χ0) is 13.1. The molecule has 0 bridgehead atoms. The quantitative estimate of drug-likeness (QED) is 0.890. The van der Waals surface area contributed by atoms with Crippen LogP contribution in [0, 0.1) is 12.8 Å². The summed E-state index contributed by atoms with van der Waals surface area (Å²) in [5.74, 6) is 1.51. The molecule has 100 valence electrons. The van der Waals surface area contributed by atoms with E-state index in [2.05, 4.69) is 31.3 Å². The van der Waals surface area contributed by atoms with Gasteiger partial charge in [-0.15, -0.1) is 0 Å². The second-order valence-corrected chi connectivity index (χ2v) is 5.11. The van der Waals surface area contributed by atoms with Gasteiger partial charge in [0.05, 0.1) is 19.3 Å². The maximum Gasteiger partial charge on any atom is 0.123 e. The maximum absolute atomic E-state index is 5.89. The van der Waals surface area contributed by atoms with Gasteiger partial charge in [-0.05, 0) is 32.4 Å². The lowest BCUT2D eigenvalue weighted by Crippen LogP contribution is -2.32. The summed E-state index contributed by atoms with van der Waals surface area (Å²) in [5, 5.41) is 3.39. The number of aryl methyl sites for hydroxylation is 1. The van der Waals surface area contributed by atoms with Gasteiger partial charge < -0.3 is 14.8 Å². The molecular formula is C15H23NO2. The predicted molar refractivity (Wildman–Crippen MR) is 73.1 cm³/mol. The molecule has 0 aromatic heterocycles. The Morgan fingerprint density at radius 2 is 2.22 bits per heavy atom. The minimum atomic E-state index is 0.192. The molecule has 2 rings (SSSR count). The van der Waals surface area contributed by atoms with E-state index in [4.69, 9.17) is 9.47 Å². The number of hydrogen-bond acceptors (Lipinski definition) is 3. The largest absolute Gasteiger partial charge is 0.496 e. The van der Waals surface area contributed by atoms with Gasteiger partial charge in [0.1, 0.15) is 5.75 Å². The smallest absolute Gasteiger partial charge is 0.123 e. The van der Waals surface area contributed by atoms with E-state index < -0.39 is 0 Å². The van der Waals surface area contributed by atoms with Crippen LogP contribution in [0.1, 0.15) is 30.5 Å². The molecule has 3 atom stereocenters. The number of benzene rings is 1. The van der Waals surface area contributed by atoms with Gasteiger partial charge in [0, 0.05) is 12.2 Å². The van der Waals surface area contributed by atoms with Gasteiger partial charge in [-0.2, -0.15) is 0 Å². The van der Waals surface area contributed by atoms with Crippen LogP contribution in [0.4, 0.5) is 0 Å². The molecule has 3 nitrogen and oxygen atoms in total. The number of methoxy groups -OCH3 is 1. The second-order valence-electron chi connectivity index (χ2n) is 5.11. The number of nitrogens with one attached hydrogen (secondary N) is 1. The fourth-order valence-corrected chi connectivity index (χ4v) is 2.74. The molecule has 1 saturated heterocycles. The molecule has 3 heteroatoms. The zero-order valence-corrected chi connectivity index (χ0v) is 11.7. The Balaban J connectivity index is 2.34. The topological polar surface area (TPSA) is 30.5 Å². The molecule has 0 saturated carbocycles. The fourth-order valence-electron chi connectivity index (χ4n) is 2.74. The molecule has 0 spiro atoms. The third kappa shape index (κ3) is 2.52. The third-order valence-corrected chi connectivity index (χ3v) is 3.80. The summed E-state index contributed by atoms with van der Waals surface area (Å²) < 4.78 is 11.4. The number of ether oxygens (including phenoxy) is 2. The van der Waals surface area contributed by atoms with Crippen LogP contribution < -0.4 is 10.1 Å². The molecule has 0 aliphatic carbocycles. The van der Waals surface area contributed by atoms with E-state index in [0.29, 0.717) is 5.92 Å². The molecule has 1 aliphatic heterocycles. The van der Waals surface area contributed by atoms with Crippen molar-refractivity contribution in [1.82, 2.24) is 5.32 Å². The number of likely N-dealkylation sites (N-methyl/N-ethyl adjacent to an activating group) is 1. The highest BCUT2D eigenvalue weighted by molar-refractivity contribution is 5.40. The highest BCUT2D eigenvalue weighted by Crippen LogP contribution is 2.35. The molecule has 1 aromatic carbocycles. The van der Waals surface area contributed by atoms with Crippen LogP contribution in [0.5, 0.6) is 5.75 Å². The maximum atomic E-state index is 5.89. The number of hydrogen-bond donors (Lipinski definition) is 1. The Morgan fingerprint density at radius 1 is 1.44 bits per heavy atom. The van der Waals surface area contributed by atoms with E-state index in [0.717, 1.165) is 18.8 Å². The van der Waals surface area contributed by atoms with Crippen molar-refractivity contribution in [3.05, 3.63) is 29.3 Å². The summed E-state index contributed by atoms with van der Waals surface area (Å²) in [6, 6.07) is 6.49. The van der Waals surface area contributed by atoms with Crippen molar-refractivity contribution in [2.75, 3.05) is 20.8 Å². The van der Waals surface area contributed by atoms with E-state index in [1.165, 1.54) is 11.1 Å². The molecule has 1 aliphatic rings. The van der Waals surface area contributed by atoms with Gasteiger partial charge in [0.25, 0.3) is 0 Å². The SMILES string of the molecule is CNC(c1cc(C)ccc1OC)C1OCCC1C. The van der Waals surface area contributed by atoms with Gasteiger partial charge in [0.2, 0.25) is 0 Å². The lowest BCUT2D eigenvalue weighted by atomic mass is 9.91. The van der Waals surface area contributed by atoms with Crippen LogP contribution in [0.25, 0.3) is 0 Å². The molecule has 1 fully saturated rings. The molecule has 1 aromatic rings. The van der Waals surface area contributed by atoms with Crippen molar-refractivity contribution in [1.29, 1.82) is 0 Å². The minimum Gasteiger partial charge on any atom is -0.496 e. The average Bonchev–Trinajstić information content (AvgIpc) is 2.77.